The molecule has 19 heavy (non-hydrogen) atoms. The minimum Gasteiger partial charge on any atom is -0.299 e. The lowest BCUT2D eigenvalue weighted by molar-refractivity contribution is 0.222. The third-order valence-electron chi connectivity index (χ3n) is 4.62. The summed E-state index contributed by atoms with van der Waals surface area (Å²) in [5.74, 6) is 1.30. The van der Waals surface area contributed by atoms with Gasteiger partial charge in [0.05, 0.1) is 4.87 Å². The summed E-state index contributed by atoms with van der Waals surface area (Å²) < 4.78 is 0. The van der Waals surface area contributed by atoms with Crippen LogP contribution in [0.3, 0.4) is 0 Å². The molecular weight excluding hydrogens is 252 g/mol. The molecule has 0 bridgehead atoms. The topological polar surface area (TPSA) is 15.3 Å². The first-order chi connectivity index (χ1) is 9.20. The second kappa shape index (κ2) is 5.47. The lowest BCUT2D eigenvalue weighted by Gasteiger charge is -2.42. The Morgan fingerprint density at radius 3 is 2.84 bits per heavy atom. The van der Waals surface area contributed by atoms with Gasteiger partial charge in [-0.15, -0.1) is 11.8 Å². The highest BCUT2D eigenvalue weighted by atomic mass is 32.2. The molecule has 2 aliphatic rings. The predicted molar refractivity (Wildman–Crippen MR) is 83.3 cm³/mol. The molecular formula is C16H24N2S. The fourth-order valence-electron chi connectivity index (χ4n) is 3.38. The third kappa shape index (κ3) is 2.69. The van der Waals surface area contributed by atoms with Gasteiger partial charge in [-0.05, 0) is 38.0 Å². The van der Waals surface area contributed by atoms with Crippen LogP contribution in [0.15, 0.2) is 30.3 Å². The van der Waals surface area contributed by atoms with Crippen molar-refractivity contribution in [2.45, 2.75) is 50.2 Å². The molecule has 3 unspecified atom stereocenters. The van der Waals surface area contributed by atoms with E-state index in [0.717, 1.165) is 6.54 Å². The van der Waals surface area contributed by atoms with Gasteiger partial charge in [-0.2, -0.15) is 0 Å². The first kappa shape index (κ1) is 13.5. The molecule has 1 spiro atoms. The molecule has 2 saturated heterocycles. The molecule has 3 heteroatoms. The Morgan fingerprint density at radius 1 is 1.32 bits per heavy atom. The molecule has 2 nitrogen and oxygen atoms in total. The van der Waals surface area contributed by atoms with Crippen molar-refractivity contribution in [3.63, 3.8) is 0 Å². The lowest BCUT2D eigenvalue weighted by Crippen LogP contribution is -2.56. The number of rotatable bonds is 2. The summed E-state index contributed by atoms with van der Waals surface area (Å²) in [6, 6.07) is 12.1. The van der Waals surface area contributed by atoms with Crippen molar-refractivity contribution in [3.8, 4) is 0 Å². The van der Waals surface area contributed by atoms with Crippen LogP contribution in [0, 0.1) is 0 Å². The van der Waals surface area contributed by atoms with Gasteiger partial charge in [0.25, 0.3) is 0 Å². The molecule has 0 radical (unpaired) electrons. The molecule has 3 atom stereocenters. The zero-order valence-electron chi connectivity index (χ0n) is 11.9. The van der Waals surface area contributed by atoms with Crippen LogP contribution in [0.4, 0.5) is 0 Å². The zero-order chi connectivity index (χ0) is 13.3. The number of benzene rings is 1. The number of nitrogens with zero attached hydrogens (tertiary/aromatic N) is 1. The summed E-state index contributed by atoms with van der Waals surface area (Å²) in [6.07, 6.45) is 2.58. The normalized spacial score (nSPS) is 35.9. The van der Waals surface area contributed by atoms with Crippen molar-refractivity contribution in [1.29, 1.82) is 0 Å². The highest BCUT2D eigenvalue weighted by molar-refractivity contribution is 8.00. The van der Waals surface area contributed by atoms with Gasteiger partial charge in [-0.25, -0.2) is 0 Å². The molecule has 1 aromatic carbocycles. The van der Waals surface area contributed by atoms with Gasteiger partial charge < -0.3 is 0 Å². The molecule has 3 rings (SSSR count). The van der Waals surface area contributed by atoms with E-state index in [2.05, 4.69) is 66.2 Å². The molecule has 0 amide bonds. The van der Waals surface area contributed by atoms with Crippen LogP contribution in [0.5, 0.6) is 0 Å². The average Bonchev–Trinajstić information content (AvgIpc) is 2.69. The van der Waals surface area contributed by atoms with Crippen LogP contribution in [0.2, 0.25) is 0 Å². The monoisotopic (exact) mass is 276 g/mol. The SMILES string of the molecule is CC1CCSC2(CCN(Cc3ccccc3)C2C)N1. The van der Waals surface area contributed by atoms with Crippen LogP contribution in [-0.4, -0.2) is 34.2 Å². The van der Waals surface area contributed by atoms with E-state index in [1.165, 1.54) is 30.7 Å². The van der Waals surface area contributed by atoms with Gasteiger partial charge in [0.2, 0.25) is 0 Å². The summed E-state index contributed by atoms with van der Waals surface area (Å²) in [5.41, 5.74) is 1.43. The van der Waals surface area contributed by atoms with Crippen molar-refractivity contribution < 1.29 is 0 Å². The first-order valence-corrected chi connectivity index (χ1v) is 8.38. The zero-order valence-corrected chi connectivity index (χ0v) is 12.7. The summed E-state index contributed by atoms with van der Waals surface area (Å²) >= 11 is 2.15. The van der Waals surface area contributed by atoms with E-state index < -0.39 is 0 Å². The molecule has 0 saturated carbocycles. The highest BCUT2D eigenvalue weighted by Crippen LogP contribution is 2.42. The summed E-state index contributed by atoms with van der Waals surface area (Å²) in [7, 11) is 0. The van der Waals surface area contributed by atoms with Crippen LogP contribution in [0.25, 0.3) is 0 Å². The average molecular weight is 276 g/mol. The second-order valence-corrected chi connectivity index (χ2v) is 7.38. The number of hydrogen-bond donors (Lipinski definition) is 1. The van der Waals surface area contributed by atoms with Gasteiger partial charge in [-0.1, -0.05) is 30.3 Å². The van der Waals surface area contributed by atoms with Crippen LogP contribution < -0.4 is 5.32 Å². The van der Waals surface area contributed by atoms with Crippen LogP contribution >= 0.6 is 11.8 Å². The minimum absolute atomic E-state index is 0.298. The Bertz CT molecular complexity index is 422. The van der Waals surface area contributed by atoms with E-state index in [0.29, 0.717) is 17.0 Å². The molecule has 104 valence electrons. The molecule has 2 fully saturated rings. The molecule has 2 aliphatic heterocycles. The number of hydrogen-bond acceptors (Lipinski definition) is 3. The number of nitrogens with one attached hydrogen (secondary N) is 1. The van der Waals surface area contributed by atoms with E-state index in [9.17, 15) is 0 Å². The van der Waals surface area contributed by atoms with Crippen molar-refractivity contribution in [1.82, 2.24) is 10.2 Å². The predicted octanol–water partition coefficient (Wildman–Crippen LogP) is 3.09. The standard InChI is InChI=1S/C16H24N2S/c1-13-8-11-19-16(17-13)9-10-18(14(16)2)12-15-6-4-3-5-7-15/h3-7,13-14,17H,8-12H2,1-2H3. The number of likely N-dealkylation sites (tertiary alicyclic amines) is 1. The number of thioether (sulfide) groups is 1. The molecule has 0 aromatic heterocycles. The maximum absolute atomic E-state index is 3.88. The van der Waals surface area contributed by atoms with Crippen molar-refractivity contribution >= 4 is 11.8 Å². The molecule has 1 N–H and O–H groups in total. The van der Waals surface area contributed by atoms with Gasteiger partial charge in [0.15, 0.2) is 0 Å². The summed E-state index contributed by atoms with van der Waals surface area (Å²) in [4.78, 5) is 2.93. The van der Waals surface area contributed by atoms with Gasteiger partial charge >= 0.3 is 0 Å². The maximum Gasteiger partial charge on any atom is 0.0813 e. The maximum atomic E-state index is 3.88. The quantitative estimate of drug-likeness (QED) is 0.893. The summed E-state index contributed by atoms with van der Waals surface area (Å²) in [5, 5.41) is 3.88. The lowest BCUT2D eigenvalue weighted by atomic mass is 10.1. The van der Waals surface area contributed by atoms with Gasteiger partial charge in [0.1, 0.15) is 0 Å². The van der Waals surface area contributed by atoms with Gasteiger partial charge in [0, 0.05) is 25.2 Å². The molecule has 0 aliphatic carbocycles. The largest absolute Gasteiger partial charge is 0.299 e. The van der Waals surface area contributed by atoms with Crippen molar-refractivity contribution in [2.24, 2.45) is 0 Å². The van der Waals surface area contributed by atoms with E-state index in [1.807, 2.05) is 0 Å². The van der Waals surface area contributed by atoms with Crippen molar-refractivity contribution in [2.75, 3.05) is 12.3 Å². The fourth-order valence-corrected chi connectivity index (χ4v) is 5.12. The molecule has 2 heterocycles. The minimum atomic E-state index is 0.298. The van der Waals surface area contributed by atoms with E-state index >= 15 is 0 Å². The Morgan fingerprint density at radius 2 is 2.11 bits per heavy atom. The highest BCUT2D eigenvalue weighted by Gasteiger charge is 2.47. The van der Waals surface area contributed by atoms with Gasteiger partial charge in [-0.3, -0.25) is 10.2 Å². The Hall–Kier alpha value is -0.510. The van der Waals surface area contributed by atoms with E-state index in [-0.39, 0.29) is 0 Å². The van der Waals surface area contributed by atoms with Crippen molar-refractivity contribution in [3.05, 3.63) is 35.9 Å². The third-order valence-corrected chi connectivity index (χ3v) is 6.24. The van der Waals surface area contributed by atoms with E-state index in [4.69, 9.17) is 0 Å². The fraction of sp³-hybridized carbons (Fsp3) is 0.625. The summed E-state index contributed by atoms with van der Waals surface area (Å²) in [6.45, 7) is 7.02. The van der Waals surface area contributed by atoms with Crippen LogP contribution in [0.1, 0.15) is 32.3 Å². The second-order valence-electron chi connectivity index (χ2n) is 5.95. The Balaban J connectivity index is 1.70. The first-order valence-electron chi connectivity index (χ1n) is 7.39. The van der Waals surface area contributed by atoms with E-state index in [1.54, 1.807) is 0 Å². The molecule has 1 aromatic rings. The Labute approximate surface area is 121 Å². The smallest absolute Gasteiger partial charge is 0.0813 e. The van der Waals surface area contributed by atoms with Crippen LogP contribution in [-0.2, 0) is 6.54 Å². The Kier molecular flexibility index (Phi) is 3.88.